The molecule has 2 nitrogen and oxygen atoms in total. The molecule has 1 aromatic carbocycles. The summed E-state index contributed by atoms with van der Waals surface area (Å²) in [5.74, 6) is 2.83. The van der Waals surface area contributed by atoms with Gasteiger partial charge >= 0.3 is 0 Å². The number of pyridine rings is 1. The number of hydrogen-bond acceptors (Lipinski definition) is 1. The highest BCUT2D eigenvalue weighted by Gasteiger charge is 2.10. The van der Waals surface area contributed by atoms with Crippen LogP contribution in [0.3, 0.4) is 0 Å². The minimum Gasteiger partial charge on any atom is -0.372 e. The fourth-order valence-corrected chi connectivity index (χ4v) is 9.24. The number of aromatic nitrogens is 1. The van der Waals surface area contributed by atoms with Crippen LogP contribution >= 0.6 is 0 Å². The first-order chi connectivity index (χ1) is 29.7. The lowest BCUT2D eigenvalue weighted by Gasteiger charge is -2.25. The maximum Gasteiger partial charge on any atom is 0.256 e. The van der Waals surface area contributed by atoms with Crippen molar-refractivity contribution in [2.75, 3.05) is 18.0 Å². The van der Waals surface area contributed by atoms with Crippen LogP contribution in [-0.4, -0.2) is 13.1 Å². The fourth-order valence-electron chi connectivity index (χ4n) is 9.24. The molecular weight excluding hydrogens is 725 g/mol. The summed E-state index contributed by atoms with van der Waals surface area (Å²) in [6.07, 6.45) is 65.3. The largest absolute Gasteiger partial charge is 0.372 e. The van der Waals surface area contributed by atoms with Gasteiger partial charge in [0.1, 0.15) is 7.05 Å². The zero-order valence-electron chi connectivity index (χ0n) is 40.7. The van der Waals surface area contributed by atoms with E-state index < -0.39 is 0 Å². The summed E-state index contributed by atoms with van der Waals surface area (Å²) in [4.78, 5) is 2.69. The molecule has 0 aliphatic heterocycles. The summed E-state index contributed by atoms with van der Waals surface area (Å²) in [5, 5.41) is 0. The van der Waals surface area contributed by atoms with Gasteiger partial charge in [-0.1, -0.05) is 270 Å². The molecule has 0 radical (unpaired) electrons. The van der Waals surface area contributed by atoms with Crippen LogP contribution in [0.1, 0.15) is 276 Å². The summed E-state index contributed by atoms with van der Waals surface area (Å²) in [7, 11) is 2.02. The van der Waals surface area contributed by atoms with E-state index in [4.69, 9.17) is 6.42 Å². The topological polar surface area (TPSA) is 7.12 Å². The van der Waals surface area contributed by atoms with Crippen molar-refractivity contribution in [3.63, 3.8) is 0 Å². The average Bonchev–Trinajstić information content (AvgIpc) is 3.27. The van der Waals surface area contributed by atoms with E-state index in [1.807, 2.05) is 11.6 Å². The smallest absolute Gasteiger partial charge is 0.256 e. The molecule has 1 heterocycles. The molecule has 0 fully saturated rings. The predicted octanol–water partition coefficient (Wildman–Crippen LogP) is 18.6. The monoisotopic (exact) mass is 826 g/mol. The van der Waals surface area contributed by atoms with Crippen molar-refractivity contribution in [1.29, 1.82) is 0 Å². The lowest BCUT2D eigenvalue weighted by molar-refractivity contribution is -0.673. The number of terminal acetylenes is 1. The van der Waals surface area contributed by atoms with Crippen molar-refractivity contribution >= 4 is 5.69 Å². The number of unbranched alkanes of at least 4 members (excludes halogenated alkanes) is 38. The molecule has 0 saturated heterocycles. The molecule has 2 rings (SSSR count). The summed E-state index contributed by atoms with van der Waals surface area (Å²) in [5.41, 5.74) is 4.74. The number of anilines is 1. The number of nitrogens with zero attached hydrogens (tertiary/aromatic N) is 2. The van der Waals surface area contributed by atoms with Gasteiger partial charge in [0.15, 0.2) is 6.20 Å². The molecule has 0 aliphatic rings. The Balaban J connectivity index is 1.56. The Morgan fingerprint density at radius 3 is 0.950 bits per heavy atom. The van der Waals surface area contributed by atoms with Crippen LogP contribution in [0, 0.1) is 12.3 Å². The van der Waals surface area contributed by atoms with Crippen LogP contribution in [-0.2, 0) is 7.05 Å². The van der Waals surface area contributed by atoms with Crippen LogP contribution in [0.2, 0.25) is 0 Å². The molecule has 0 atom stereocenters. The third-order valence-electron chi connectivity index (χ3n) is 13.4. The second-order valence-corrected chi connectivity index (χ2v) is 19.0. The molecule has 2 heteroatoms. The molecule has 0 saturated carbocycles. The standard InChI is InChI=1S/C58H101N2/c1-5-8-10-12-14-16-18-20-22-24-26-28-30-32-34-36-38-40-42-44-51-60(58-48-46-55(47-49-58)56-50-53-59(4)57(7-3)54-56)52-45-43-41-39-37-35-33-31-29-27-25-23-21-19-17-15-13-11-9-6-2/h3,46-50,53-54H,5-6,8-45,51-52H2,1-2,4H3/q+1. The number of rotatable bonds is 44. The Morgan fingerprint density at radius 2 is 0.667 bits per heavy atom. The van der Waals surface area contributed by atoms with E-state index in [0.29, 0.717) is 0 Å². The van der Waals surface area contributed by atoms with Crippen LogP contribution in [0.5, 0.6) is 0 Å². The molecule has 342 valence electrons. The highest BCUT2D eigenvalue weighted by Crippen LogP contribution is 2.25. The van der Waals surface area contributed by atoms with Crippen molar-refractivity contribution < 1.29 is 4.57 Å². The van der Waals surface area contributed by atoms with Crippen molar-refractivity contribution in [3.8, 4) is 23.5 Å². The first-order valence-electron chi connectivity index (χ1n) is 27.0. The van der Waals surface area contributed by atoms with Crippen molar-refractivity contribution in [1.82, 2.24) is 0 Å². The van der Waals surface area contributed by atoms with Gasteiger partial charge in [-0.05, 0) is 42.0 Å². The summed E-state index contributed by atoms with van der Waals surface area (Å²) < 4.78 is 2.01. The van der Waals surface area contributed by atoms with Gasteiger partial charge in [0.25, 0.3) is 5.69 Å². The Bertz CT molecular complexity index is 1200. The third-order valence-corrected chi connectivity index (χ3v) is 13.4. The number of aryl methyl sites for hydroxylation is 1. The molecular formula is C58H101N2+. The van der Waals surface area contributed by atoms with Gasteiger partial charge < -0.3 is 4.90 Å². The molecule has 60 heavy (non-hydrogen) atoms. The maximum atomic E-state index is 5.77. The highest BCUT2D eigenvalue weighted by atomic mass is 15.1. The third kappa shape index (κ3) is 29.9. The zero-order valence-corrected chi connectivity index (χ0v) is 40.7. The first kappa shape index (κ1) is 53.9. The lowest BCUT2D eigenvalue weighted by Crippen LogP contribution is -2.31. The van der Waals surface area contributed by atoms with Crippen LogP contribution in [0.4, 0.5) is 5.69 Å². The molecule has 0 amide bonds. The van der Waals surface area contributed by atoms with Gasteiger partial charge in [-0.3, -0.25) is 0 Å². The highest BCUT2D eigenvalue weighted by molar-refractivity contribution is 5.66. The van der Waals surface area contributed by atoms with Gasteiger partial charge in [0.2, 0.25) is 0 Å². The second-order valence-electron chi connectivity index (χ2n) is 19.0. The molecule has 0 N–H and O–H groups in total. The van der Waals surface area contributed by atoms with Gasteiger partial charge in [-0.25, -0.2) is 0 Å². The van der Waals surface area contributed by atoms with Gasteiger partial charge in [0, 0.05) is 30.9 Å². The minimum absolute atomic E-state index is 0.914. The Hall–Kier alpha value is -2.27. The zero-order chi connectivity index (χ0) is 42.8. The summed E-state index contributed by atoms with van der Waals surface area (Å²) >= 11 is 0. The molecule has 0 unspecified atom stereocenters. The van der Waals surface area contributed by atoms with E-state index in [1.54, 1.807) is 0 Å². The second kappa shape index (κ2) is 40.8. The predicted molar refractivity (Wildman–Crippen MR) is 269 cm³/mol. The summed E-state index contributed by atoms with van der Waals surface area (Å²) in [6.45, 7) is 6.98. The molecule has 0 aliphatic carbocycles. The Kier molecular flexibility index (Phi) is 36.6. The molecule has 1 aromatic heterocycles. The van der Waals surface area contributed by atoms with E-state index in [2.05, 4.69) is 67.3 Å². The van der Waals surface area contributed by atoms with Crippen LogP contribution in [0.15, 0.2) is 42.6 Å². The van der Waals surface area contributed by atoms with Gasteiger partial charge in [-0.2, -0.15) is 4.57 Å². The normalized spacial score (nSPS) is 11.4. The summed E-state index contributed by atoms with van der Waals surface area (Å²) in [6, 6.07) is 13.6. The lowest BCUT2D eigenvalue weighted by atomic mass is 10.0. The van der Waals surface area contributed by atoms with E-state index >= 15 is 0 Å². The van der Waals surface area contributed by atoms with Gasteiger partial charge in [0.05, 0.1) is 0 Å². The van der Waals surface area contributed by atoms with Crippen molar-refractivity contribution in [2.24, 2.45) is 7.05 Å². The molecule has 0 spiro atoms. The number of hydrogen-bond donors (Lipinski definition) is 0. The minimum atomic E-state index is 0.914. The first-order valence-corrected chi connectivity index (χ1v) is 27.0. The fraction of sp³-hybridized carbons (Fsp3) is 0.776. The van der Waals surface area contributed by atoms with E-state index in [0.717, 1.165) is 5.69 Å². The van der Waals surface area contributed by atoms with E-state index in [-0.39, 0.29) is 0 Å². The molecule has 2 aromatic rings. The Morgan fingerprint density at radius 1 is 0.383 bits per heavy atom. The van der Waals surface area contributed by atoms with E-state index in [1.165, 1.54) is 287 Å². The SMILES string of the molecule is C#Cc1cc(-c2ccc(N(CCCCCCCCCCCCCCCCCCCCCC)CCCCCCCCCCCCCCCCCCCCCC)cc2)cc[n+]1C. The van der Waals surface area contributed by atoms with Crippen LogP contribution < -0.4 is 9.47 Å². The quantitative estimate of drug-likeness (QED) is 0.0367. The Labute approximate surface area is 376 Å². The van der Waals surface area contributed by atoms with Crippen molar-refractivity contribution in [3.05, 3.63) is 48.3 Å². The van der Waals surface area contributed by atoms with E-state index in [9.17, 15) is 0 Å². The van der Waals surface area contributed by atoms with Gasteiger partial charge in [-0.15, -0.1) is 6.42 Å². The van der Waals surface area contributed by atoms with Crippen molar-refractivity contribution in [2.45, 2.75) is 271 Å². The molecule has 0 bridgehead atoms. The number of benzene rings is 1. The van der Waals surface area contributed by atoms with Crippen LogP contribution in [0.25, 0.3) is 11.1 Å². The average molecular weight is 826 g/mol. The maximum absolute atomic E-state index is 5.77.